The van der Waals surface area contributed by atoms with E-state index in [0.29, 0.717) is 12.8 Å². The highest BCUT2D eigenvalue weighted by Gasteiger charge is 2.40. The maximum atomic E-state index is 12.8. The number of quaternary nitrogens is 1. The molecule has 56 heavy (non-hydrogen) atoms. The molecule has 0 aliphatic rings. The van der Waals surface area contributed by atoms with Crippen LogP contribution in [-0.2, 0) is 32.9 Å². The smallest absolute Gasteiger partial charge is 0.381 e. The van der Waals surface area contributed by atoms with Crippen molar-refractivity contribution < 1.29 is 47.2 Å². The number of hydrogen-bond donors (Lipinski definition) is 2. The van der Waals surface area contributed by atoms with Gasteiger partial charge in [-0.25, -0.2) is 0 Å². The highest BCUT2D eigenvalue weighted by atomic mass is 32.1. The lowest BCUT2D eigenvalue weighted by Crippen LogP contribution is -2.39. The van der Waals surface area contributed by atoms with Crippen molar-refractivity contribution in [1.29, 1.82) is 0 Å². The average Bonchev–Trinajstić information content (AvgIpc) is 3.14. The van der Waals surface area contributed by atoms with Crippen LogP contribution in [0.4, 0.5) is 0 Å². The molecule has 10 nitrogen and oxygen atoms in total. The molecule has 0 fully saturated rings. The van der Waals surface area contributed by atoms with E-state index in [1.54, 1.807) is 21.1 Å². The van der Waals surface area contributed by atoms with Crippen molar-refractivity contribution in [2.24, 2.45) is 0 Å². The summed E-state index contributed by atoms with van der Waals surface area (Å²) in [6.45, 7) is 3.44. The van der Waals surface area contributed by atoms with Gasteiger partial charge in [0.2, 0.25) is 13.4 Å². The lowest BCUT2D eigenvalue weighted by molar-refractivity contribution is -0.861. The molecule has 0 aliphatic carbocycles. The Balaban J connectivity index is 4.49. The fraction of sp³-hybridized carbons (Fsp3) is 0.932. The fourth-order valence-electron chi connectivity index (χ4n) is 6.75. The number of hydrogen-bond acceptors (Lipinski definition) is 8. The second-order valence-corrected chi connectivity index (χ2v) is 22.1. The van der Waals surface area contributed by atoms with Crippen molar-refractivity contribution in [2.75, 3.05) is 40.9 Å². The minimum atomic E-state index is -4.74. The summed E-state index contributed by atoms with van der Waals surface area (Å²) in [7, 11) is -2.54. The average molecular weight is 837 g/mol. The molecule has 2 unspecified atom stereocenters. The number of likely N-dealkylation sites (N-methyl/N-ethyl adjacent to an activating group) is 1. The van der Waals surface area contributed by atoms with Crippen molar-refractivity contribution in [1.82, 2.24) is 0 Å². The molecule has 0 saturated carbocycles. The van der Waals surface area contributed by atoms with E-state index in [2.05, 4.69) is 13.8 Å². The summed E-state index contributed by atoms with van der Waals surface area (Å²) in [5.41, 5.74) is -0.769. The molecule has 0 radical (unpaired) electrons. The molecule has 12 heteroatoms. The molecular weight excluding hydrogens is 748 g/mol. The summed E-state index contributed by atoms with van der Waals surface area (Å²) < 4.78 is 29.0. The van der Waals surface area contributed by atoms with Crippen molar-refractivity contribution in [3.63, 3.8) is 0 Å². The Morgan fingerprint density at radius 3 is 1.20 bits per heavy atom. The molecule has 0 saturated heterocycles. The Morgan fingerprint density at radius 1 is 0.536 bits per heavy atom. The molecule has 3 atom stereocenters. The first-order chi connectivity index (χ1) is 26.8. The van der Waals surface area contributed by atoms with E-state index in [-0.39, 0.29) is 30.5 Å². The molecule has 0 amide bonds. The van der Waals surface area contributed by atoms with Gasteiger partial charge in [0, 0.05) is 12.8 Å². The molecule has 0 aromatic rings. The largest absolute Gasteiger partial charge is 0.462 e. The van der Waals surface area contributed by atoms with Crippen LogP contribution in [0.3, 0.4) is 0 Å². The van der Waals surface area contributed by atoms with Crippen LogP contribution in [0.5, 0.6) is 0 Å². The minimum absolute atomic E-state index is 0.148. The Labute approximate surface area is 345 Å². The molecule has 0 spiro atoms. The second kappa shape index (κ2) is 37.1. The highest BCUT2D eigenvalue weighted by Crippen LogP contribution is 2.71. The Hall–Kier alpha value is -0.890. The number of esters is 2. The monoisotopic (exact) mass is 837 g/mol. The maximum absolute atomic E-state index is 12.8. The van der Waals surface area contributed by atoms with Crippen LogP contribution in [0, 0.1) is 0 Å². The summed E-state index contributed by atoms with van der Waals surface area (Å²) in [6.07, 6.45) is 36.0. The quantitative estimate of drug-likeness (QED) is 0.0266. The molecule has 0 aromatic heterocycles. The van der Waals surface area contributed by atoms with Crippen LogP contribution in [0.25, 0.3) is 0 Å². The van der Waals surface area contributed by atoms with Gasteiger partial charge in [-0.15, -0.1) is 0 Å². The number of unbranched alkanes of at least 4 members (excludes halogenated alkanes) is 28. The third kappa shape index (κ3) is 36.2. The van der Waals surface area contributed by atoms with Crippen molar-refractivity contribution in [2.45, 2.75) is 225 Å². The number of rotatable bonds is 42. The van der Waals surface area contributed by atoms with Crippen LogP contribution in [0.15, 0.2) is 0 Å². The molecule has 0 bridgehead atoms. The predicted octanol–water partition coefficient (Wildman–Crippen LogP) is 12.7. The first kappa shape index (κ1) is 55.1. The number of carbonyl (C=O) groups is 3. The zero-order chi connectivity index (χ0) is 41.8. The SMILES string of the molecule is CCCCCCCCCCCCCCCCCC(=O)OC[C@H](COP(=O)(O)P(O)C(=O)C[N+](C)(C)C)OC(=O)CCCCCCCCCCCCCCCCC. The van der Waals surface area contributed by atoms with Crippen molar-refractivity contribution >= 4 is 32.6 Å². The van der Waals surface area contributed by atoms with E-state index in [4.69, 9.17) is 14.0 Å². The van der Waals surface area contributed by atoms with E-state index in [9.17, 15) is 28.7 Å². The number of ether oxygens (including phenoxy) is 2. The first-order valence-electron chi connectivity index (χ1n) is 23.0. The third-order valence-electron chi connectivity index (χ3n) is 10.2. The highest BCUT2D eigenvalue weighted by molar-refractivity contribution is 8.32. The summed E-state index contributed by atoms with van der Waals surface area (Å²) in [4.78, 5) is 58.5. The van der Waals surface area contributed by atoms with Gasteiger partial charge in [-0.05, 0) is 12.8 Å². The number of carbonyl (C=O) groups excluding carboxylic acids is 3. The van der Waals surface area contributed by atoms with Gasteiger partial charge in [0.15, 0.2) is 6.10 Å². The van der Waals surface area contributed by atoms with Gasteiger partial charge in [-0.1, -0.05) is 194 Å². The lowest BCUT2D eigenvalue weighted by Gasteiger charge is -2.25. The fourth-order valence-corrected chi connectivity index (χ4v) is 9.61. The topological polar surface area (TPSA) is 136 Å². The lowest BCUT2D eigenvalue weighted by atomic mass is 10.0. The van der Waals surface area contributed by atoms with E-state index in [0.717, 1.165) is 38.5 Å². The van der Waals surface area contributed by atoms with Crippen LogP contribution in [0.2, 0.25) is 0 Å². The predicted molar refractivity (Wildman–Crippen MR) is 233 cm³/mol. The van der Waals surface area contributed by atoms with E-state index in [1.807, 2.05) is 0 Å². The summed E-state index contributed by atoms with van der Waals surface area (Å²) in [5.74, 6) is -0.940. The van der Waals surface area contributed by atoms with Crippen molar-refractivity contribution in [3.8, 4) is 0 Å². The normalized spacial score (nSPS) is 14.0. The molecular formula is C44H88NO9P2+. The van der Waals surface area contributed by atoms with Crippen LogP contribution in [0.1, 0.15) is 219 Å². The molecule has 0 heterocycles. The van der Waals surface area contributed by atoms with E-state index >= 15 is 0 Å². The van der Waals surface area contributed by atoms with Crippen LogP contribution < -0.4 is 0 Å². The van der Waals surface area contributed by atoms with Gasteiger partial charge >= 0.3 is 19.2 Å². The molecule has 0 rings (SSSR count). The van der Waals surface area contributed by atoms with Gasteiger partial charge in [0.1, 0.15) is 13.2 Å². The van der Waals surface area contributed by atoms with E-state index in [1.165, 1.54) is 141 Å². The van der Waals surface area contributed by atoms with Gasteiger partial charge in [-0.3, -0.25) is 23.5 Å². The minimum Gasteiger partial charge on any atom is -0.462 e. The van der Waals surface area contributed by atoms with Crippen LogP contribution in [-0.4, -0.2) is 78.7 Å². The van der Waals surface area contributed by atoms with Gasteiger partial charge in [0.05, 0.1) is 27.7 Å². The Kier molecular flexibility index (Phi) is 36.5. The Bertz CT molecular complexity index is 1010. The molecule has 0 aromatic carbocycles. The summed E-state index contributed by atoms with van der Waals surface area (Å²) >= 11 is 0. The summed E-state index contributed by atoms with van der Waals surface area (Å²) in [6, 6.07) is 0. The molecule has 332 valence electrons. The van der Waals surface area contributed by atoms with Gasteiger partial charge < -0.3 is 23.7 Å². The van der Waals surface area contributed by atoms with Crippen LogP contribution >= 0.6 is 15.1 Å². The Morgan fingerprint density at radius 2 is 0.857 bits per heavy atom. The van der Waals surface area contributed by atoms with E-state index < -0.39 is 45.3 Å². The van der Waals surface area contributed by atoms with Gasteiger partial charge in [0.25, 0.3) is 0 Å². The maximum Gasteiger partial charge on any atom is 0.381 e. The number of nitrogens with zero attached hydrogens (tertiary/aromatic N) is 1. The van der Waals surface area contributed by atoms with Gasteiger partial charge in [-0.2, -0.15) is 0 Å². The zero-order valence-electron chi connectivity index (χ0n) is 36.9. The first-order valence-corrected chi connectivity index (χ1v) is 26.5. The zero-order valence-corrected chi connectivity index (χ0v) is 38.7. The molecule has 0 aliphatic heterocycles. The molecule has 2 N–H and O–H groups in total. The third-order valence-corrected chi connectivity index (χ3v) is 14.2. The van der Waals surface area contributed by atoms with Crippen molar-refractivity contribution in [3.05, 3.63) is 0 Å². The standard InChI is InChI=1S/C44H87NO9P2/c1-6-8-10-12-14-16-18-20-22-24-26-28-30-32-34-36-42(46)52-39-41(40-53-56(50,51)55(49)44(48)38-45(3,4)5)54-43(47)37-35-33-31-29-27-25-23-21-19-17-15-13-11-9-7-2/h41,49H,6-40H2,1-5H3/p+1/t41-,55?/m1/s1. The summed E-state index contributed by atoms with van der Waals surface area (Å²) in [5, 5.41) is 0. The second-order valence-electron chi connectivity index (χ2n) is 17.1.